The minimum atomic E-state index is -2.69. The van der Waals surface area contributed by atoms with Gasteiger partial charge in [-0.1, -0.05) is 0 Å². The van der Waals surface area contributed by atoms with Crippen LogP contribution in [0.3, 0.4) is 0 Å². The van der Waals surface area contributed by atoms with E-state index in [1.54, 1.807) is 0 Å². The summed E-state index contributed by atoms with van der Waals surface area (Å²) in [7, 11) is 0. The predicted molar refractivity (Wildman–Crippen MR) is 44.1 cm³/mol. The maximum absolute atomic E-state index is 9.45. The number of rotatable bonds is 2. The van der Waals surface area contributed by atoms with Crippen LogP contribution in [0.25, 0.3) is 10.4 Å². The fraction of sp³-hybridized carbons (Fsp3) is 1.00. The molecule has 0 aromatic carbocycles. The van der Waals surface area contributed by atoms with Crippen LogP contribution in [0.5, 0.6) is 0 Å². The summed E-state index contributed by atoms with van der Waals surface area (Å²) < 4.78 is 4.58. The van der Waals surface area contributed by atoms with Gasteiger partial charge in [0.15, 0.2) is 0 Å². The van der Waals surface area contributed by atoms with Crippen molar-refractivity contribution in [3.05, 3.63) is 10.4 Å². The number of nitrogens with zero attached hydrogens (tertiary/aromatic N) is 3. The molecule has 0 bridgehead atoms. The highest BCUT2D eigenvalue weighted by Crippen LogP contribution is 2.29. The van der Waals surface area contributed by atoms with Gasteiger partial charge in [0.05, 0.1) is 6.61 Å². The molecule has 5 unspecified atom stereocenters. The van der Waals surface area contributed by atoms with Gasteiger partial charge >= 0.3 is 0 Å². The minimum Gasteiger partial charge on any atom is -0.394 e. The van der Waals surface area contributed by atoms with Gasteiger partial charge in [-0.25, -0.2) is 0 Å². The molecule has 1 fully saturated rings. The number of aliphatic hydroxyl groups is 5. The first kappa shape index (κ1) is 12.1. The second kappa shape index (κ2) is 4.29. The maximum Gasteiger partial charge on any atom is 0.276 e. The van der Waals surface area contributed by atoms with Crippen LogP contribution in [0.15, 0.2) is 5.11 Å². The Balaban J connectivity index is 2.97. The third kappa shape index (κ3) is 2.03. The fourth-order valence-corrected chi connectivity index (χ4v) is 1.28. The van der Waals surface area contributed by atoms with E-state index >= 15 is 0 Å². The molecule has 0 saturated carbocycles. The van der Waals surface area contributed by atoms with Gasteiger partial charge in [0.25, 0.3) is 5.91 Å². The van der Waals surface area contributed by atoms with Crippen molar-refractivity contribution in [1.29, 1.82) is 0 Å². The van der Waals surface area contributed by atoms with Gasteiger partial charge in [-0.2, -0.15) is 0 Å². The Morgan fingerprint density at radius 3 is 2.40 bits per heavy atom. The van der Waals surface area contributed by atoms with E-state index in [0.29, 0.717) is 0 Å². The predicted octanol–water partition coefficient (Wildman–Crippen LogP) is -2.58. The van der Waals surface area contributed by atoms with Gasteiger partial charge in [-0.05, 0) is 10.6 Å². The summed E-state index contributed by atoms with van der Waals surface area (Å²) in [5.41, 5.74) is 8.11. The zero-order chi connectivity index (χ0) is 11.6. The molecule has 0 spiro atoms. The summed E-state index contributed by atoms with van der Waals surface area (Å²) >= 11 is 0. The van der Waals surface area contributed by atoms with Crippen molar-refractivity contribution < 1.29 is 30.3 Å². The lowest BCUT2D eigenvalue weighted by Crippen LogP contribution is -2.64. The summed E-state index contributed by atoms with van der Waals surface area (Å²) in [6.07, 6.45) is -6.71. The van der Waals surface area contributed by atoms with E-state index in [2.05, 4.69) is 14.8 Å². The number of hydrogen-bond acceptors (Lipinski definition) is 7. The molecule has 1 saturated heterocycles. The normalized spacial score (nSPS) is 45.9. The van der Waals surface area contributed by atoms with Crippen molar-refractivity contribution >= 4 is 0 Å². The van der Waals surface area contributed by atoms with Gasteiger partial charge < -0.3 is 30.3 Å². The molecule has 1 heterocycles. The van der Waals surface area contributed by atoms with Crippen LogP contribution in [-0.2, 0) is 4.74 Å². The molecule has 86 valence electrons. The first-order valence-corrected chi connectivity index (χ1v) is 4.07. The number of aliphatic hydroxyl groups excluding tert-OH is 4. The molecule has 9 nitrogen and oxygen atoms in total. The largest absolute Gasteiger partial charge is 0.394 e. The Bertz CT molecular complexity index is 280. The maximum atomic E-state index is 9.45. The first-order valence-electron chi connectivity index (χ1n) is 4.07. The van der Waals surface area contributed by atoms with Gasteiger partial charge in [-0.3, -0.25) is 0 Å². The highest BCUT2D eigenvalue weighted by Gasteiger charge is 2.52. The Kier molecular flexibility index (Phi) is 3.47. The second-order valence-electron chi connectivity index (χ2n) is 3.11. The number of hydrogen-bond donors (Lipinski definition) is 5. The lowest BCUT2D eigenvalue weighted by atomic mass is 9.97. The summed E-state index contributed by atoms with van der Waals surface area (Å²) in [5.74, 6) is -2.69. The van der Waals surface area contributed by atoms with E-state index in [4.69, 9.17) is 10.6 Å². The third-order valence-corrected chi connectivity index (χ3v) is 2.13. The molecule has 0 amide bonds. The molecule has 0 radical (unpaired) electrons. The molecule has 0 aromatic heterocycles. The summed E-state index contributed by atoms with van der Waals surface area (Å²) in [6, 6.07) is 0. The van der Waals surface area contributed by atoms with Crippen LogP contribution >= 0.6 is 0 Å². The van der Waals surface area contributed by atoms with Crippen LogP contribution in [-0.4, -0.2) is 62.5 Å². The zero-order valence-electron chi connectivity index (χ0n) is 7.50. The second-order valence-corrected chi connectivity index (χ2v) is 3.11. The van der Waals surface area contributed by atoms with Crippen molar-refractivity contribution in [2.45, 2.75) is 30.3 Å². The van der Waals surface area contributed by atoms with Gasteiger partial charge in [-0.15, -0.1) is 0 Å². The van der Waals surface area contributed by atoms with E-state index in [0.717, 1.165) is 0 Å². The van der Waals surface area contributed by atoms with Crippen molar-refractivity contribution in [3.8, 4) is 0 Å². The average molecular weight is 221 g/mol. The van der Waals surface area contributed by atoms with Crippen LogP contribution in [0, 0.1) is 0 Å². The van der Waals surface area contributed by atoms with E-state index in [1.807, 2.05) is 0 Å². The SMILES string of the molecule is [N-]=[N+]=NC1(O)OC(CO)C(O)C(O)C1O. The fourth-order valence-electron chi connectivity index (χ4n) is 1.28. The standard InChI is InChI=1S/C6H11N3O6/c7-9-8-6(14)5(13)4(12)3(11)2(1-10)15-6/h2-5,10-14H,1H2. The van der Waals surface area contributed by atoms with E-state index in [9.17, 15) is 20.4 Å². The van der Waals surface area contributed by atoms with Gasteiger partial charge in [0, 0.05) is 4.91 Å². The Morgan fingerprint density at radius 2 is 1.93 bits per heavy atom. The van der Waals surface area contributed by atoms with Crippen LogP contribution in [0.1, 0.15) is 0 Å². The Hall–Kier alpha value is -0.930. The van der Waals surface area contributed by atoms with E-state index in [-0.39, 0.29) is 0 Å². The van der Waals surface area contributed by atoms with Crippen LogP contribution in [0.4, 0.5) is 0 Å². The summed E-state index contributed by atoms with van der Waals surface area (Å²) in [4.78, 5) is 2.23. The van der Waals surface area contributed by atoms with Crippen LogP contribution in [0.2, 0.25) is 0 Å². The molecule has 15 heavy (non-hydrogen) atoms. The molecule has 9 heteroatoms. The lowest BCUT2D eigenvalue weighted by Gasteiger charge is -2.42. The van der Waals surface area contributed by atoms with Crippen molar-refractivity contribution in [2.75, 3.05) is 6.61 Å². The highest BCUT2D eigenvalue weighted by molar-refractivity contribution is 4.94. The van der Waals surface area contributed by atoms with Crippen molar-refractivity contribution in [1.82, 2.24) is 0 Å². The lowest BCUT2D eigenvalue weighted by molar-refractivity contribution is -0.346. The molecule has 1 rings (SSSR count). The monoisotopic (exact) mass is 221 g/mol. The highest BCUT2D eigenvalue weighted by atomic mass is 16.7. The smallest absolute Gasteiger partial charge is 0.276 e. The minimum absolute atomic E-state index is 0.714. The third-order valence-electron chi connectivity index (χ3n) is 2.13. The molecule has 5 N–H and O–H groups in total. The zero-order valence-corrected chi connectivity index (χ0v) is 7.50. The summed E-state index contributed by atoms with van der Waals surface area (Å²) in [5, 5.41) is 48.8. The number of azide groups is 1. The van der Waals surface area contributed by atoms with Gasteiger partial charge in [0.2, 0.25) is 0 Å². The van der Waals surface area contributed by atoms with E-state index < -0.39 is 36.9 Å². The molecule has 0 aliphatic carbocycles. The molecular weight excluding hydrogens is 210 g/mol. The summed E-state index contributed by atoms with van der Waals surface area (Å²) in [6.45, 7) is -0.714. The first-order chi connectivity index (χ1) is 6.96. The van der Waals surface area contributed by atoms with Crippen molar-refractivity contribution in [2.24, 2.45) is 5.11 Å². The molecule has 5 atom stereocenters. The Morgan fingerprint density at radius 1 is 1.33 bits per heavy atom. The Labute approximate surface area is 83.8 Å². The quantitative estimate of drug-likeness (QED) is 0.195. The number of ether oxygens (including phenoxy) is 1. The van der Waals surface area contributed by atoms with Gasteiger partial charge in [0.1, 0.15) is 24.4 Å². The topological polar surface area (TPSA) is 159 Å². The van der Waals surface area contributed by atoms with Crippen LogP contribution < -0.4 is 0 Å². The molecular formula is C6H11N3O6. The molecule has 1 aliphatic heterocycles. The molecule has 0 aromatic rings. The molecule has 1 aliphatic rings. The van der Waals surface area contributed by atoms with E-state index in [1.165, 1.54) is 0 Å². The average Bonchev–Trinajstić information content (AvgIpc) is 2.21. The van der Waals surface area contributed by atoms with Crippen molar-refractivity contribution in [3.63, 3.8) is 0 Å².